The zero-order chi connectivity index (χ0) is 83.2. The Balaban J connectivity index is 0.566. The number of amides is 4. The molecule has 12 aromatic carbocycles. The van der Waals surface area contributed by atoms with Crippen molar-refractivity contribution in [2.75, 3.05) is 33.1 Å². The van der Waals surface area contributed by atoms with Crippen molar-refractivity contribution in [3.8, 4) is 57.5 Å². The molecule has 16 rings (SSSR count). The van der Waals surface area contributed by atoms with Gasteiger partial charge in [0.25, 0.3) is 23.6 Å². The van der Waals surface area contributed by atoms with E-state index in [9.17, 15) is 19.2 Å². The minimum atomic E-state index is -5.95. The number of fused-ring (bicyclic) bond motifs is 4. The van der Waals surface area contributed by atoms with Crippen LogP contribution >= 0.6 is 0 Å². The van der Waals surface area contributed by atoms with Crippen molar-refractivity contribution in [2.45, 2.75) is 67.1 Å². The summed E-state index contributed by atoms with van der Waals surface area (Å²) in [6.07, 6.45) is -29.0. The van der Waals surface area contributed by atoms with E-state index in [-0.39, 0.29) is 82.0 Å². The molecule has 0 saturated heterocycles. The topological polar surface area (TPSA) is 137 Å². The summed E-state index contributed by atoms with van der Waals surface area (Å²) in [7, 11) is 0. The van der Waals surface area contributed by atoms with Gasteiger partial charge in [0.15, 0.2) is 13.5 Å². The molecular formula is C89H57F15N4O10. The second kappa shape index (κ2) is 29.2. The number of benzene rings is 12. The smallest absolute Gasteiger partial charge is 0.411 e. The molecule has 4 aliphatic rings. The first-order valence-electron chi connectivity index (χ1n) is 36.0. The predicted molar refractivity (Wildman–Crippen MR) is 402 cm³/mol. The summed E-state index contributed by atoms with van der Waals surface area (Å²) in [5.74, 6) is -2.86. The third kappa shape index (κ3) is 13.6. The summed E-state index contributed by atoms with van der Waals surface area (Å²) in [6.45, 7) is 2.37. The highest BCUT2D eigenvalue weighted by atomic mass is 19.4. The Morgan fingerprint density at radius 1 is 0.271 bits per heavy atom. The molecule has 0 aliphatic carbocycles. The molecule has 0 atom stereocenters. The normalized spacial score (nSPS) is 14.6. The number of nitrogens with zero attached hydrogens (tertiary/aromatic N) is 4. The summed E-state index contributed by atoms with van der Waals surface area (Å²) in [6, 6.07) is 56.1. The Labute approximate surface area is 660 Å². The van der Waals surface area contributed by atoms with E-state index in [1.54, 1.807) is 48.5 Å². The summed E-state index contributed by atoms with van der Waals surface area (Å²) in [4.78, 5) is 61.5. The van der Waals surface area contributed by atoms with E-state index >= 15 is 65.9 Å². The van der Waals surface area contributed by atoms with Gasteiger partial charge in [-0.2, -0.15) is 65.9 Å². The number of rotatable bonds is 18. The van der Waals surface area contributed by atoms with Gasteiger partial charge in [-0.05, 0) is 222 Å². The van der Waals surface area contributed by atoms with Crippen LogP contribution in [0.3, 0.4) is 0 Å². The van der Waals surface area contributed by atoms with Crippen LogP contribution in [0.25, 0.3) is 0 Å². The molecule has 14 nitrogen and oxygen atoms in total. The van der Waals surface area contributed by atoms with E-state index in [0.29, 0.717) is 71.4 Å². The largest absolute Gasteiger partial charge is 0.473 e. The van der Waals surface area contributed by atoms with Crippen molar-refractivity contribution >= 4 is 46.4 Å². The molecule has 29 heteroatoms. The SMILES string of the molecule is CC(c1ccc2c(c1)C(=O)N(c1ccc(Oc3ccc(C(c4ccc(Oc5ccc(N6COc7ccccc7C6)cc5)cc4)(C(F)(F)F)C(F)(F)F)cc3)cc1)C2=O)(c1ccc2c(c1)C(=O)N(c1ccc(Oc3ccc(C(c4ccc(Oc5ccc(N6COc7ccccc7C6)cc5)cc4)(C(F)(F)F)C(F)(F)F)cc3)cc1)C2=O)C(F)(F)F. The number of carbonyl (C=O) groups excluding carboxylic acids is 4. The number of imide groups is 2. The van der Waals surface area contributed by atoms with Crippen LogP contribution in [0, 0.1) is 0 Å². The van der Waals surface area contributed by atoms with Gasteiger partial charge in [-0.25, -0.2) is 9.80 Å². The fourth-order valence-corrected chi connectivity index (χ4v) is 15.1. The van der Waals surface area contributed by atoms with Gasteiger partial charge in [0.1, 0.15) is 62.9 Å². The highest BCUT2D eigenvalue weighted by molar-refractivity contribution is 6.35. The fourth-order valence-electron chi connectivity index (χ4n) is 15.1. The second-order valence-corrected chi connectivity index (χ2v) is 28.2. The van der Waals surface area contributed by atoms with Crippen LogP contribution in [-0.4, -0.2) is 68.0 Å². The first-order valence-corrected chi connectivity index (χ1v) is 36.0. The summed E-state index contributed by atoms with van der Waals surface area (Å²) < 4.78 is 265. The van der Waals surface area contributed by atoms with Crippen LogP contribution in [0.5, 0.6) is 57.5 Å². The maximum atomic E-state index is 15.8. The first kappa shape index (κ1) is 78.2. The molecule has 0 bridgehead atoms. The van der Waals surface area contributed by atoms with E-state index < -0.39 is 115 Å². The molecule has 0 aromatic heterocycles. The van der Waals surface area contributed by atoms with Crippen molar-refractivity contribution in [3.05, 3.63) is 346 Å². The molecule has 4 amide bonds. The van der Waals surface area contributed by atoms with Gasteiger partial charge in [0, 0.05) is 35.6 Å². The number of para-hydroxylation sites is 2. The minimum Gasteiger partial charge on any atom is -0.473 e. The average molecular weight is 1630 g/mol. The third-order valence-corrected chi connectivity index (χ3v) is 21.3. The molecule has 0 saturated carbocycles. The van der Waals surface area contributed by atoms with E-state index in [1.165, 1.54) is 48.5 Å². The highest BCUT2D eigenvalue weighted by Crippen LogP contribution is 2.59. The fraction of sp³-hybridized carbons (Fsp3) is 0.146. The van der Waals surface area contributed by atoms with Crippen molar-refractivity contribution in [2.24, 2.45) is 0 Å². The van der Waals surface area contributed by atoms with E-state index in [4.69, 9.17) is 28.4 Å². The molecule has 0 N–H and O–H groups in total. The minimum absolute atomic E-state index is 0.0572. The molecule has 4 aliphatic heterocycles. The lowest BCUT2D eigenvalue weighted by molar-refractivity contribution is -0.290. The molecule has 0 spiro atoms. The van der Waals surface area contributed by atoms with Gasteiger partial charge in [-0.3, -0.25) is 19.2 Å². The standard InChI is InChI=1S/C89H57F15N4O10/c1-82(85(90,91)92,58-18-44-72-74(46-58)80(111)107(78(72)109)62-24-40-70(41-25-62)117-66-32-14-56(15-33-66)83(86(93,94)95,87(96,97)98)54-10-28-64(29-11-54)115-68-36-20-60(21-37-68)105-48-52-6-2-4-8-76(52)113-50-105)59-19-45-73-75(47-59)81(112)108(79(73)110)63-26-42-71(43-27-63)118-67-34-16-57(17-35-67)84(88(99,100)101,89(102,103)104)55-12-30-65(31-13-55)116-69-38-22-61(23-39-69)106-49-53-7-3-5-9-77(53)114-51-106/h2-47H,48-51H2,1H3. The summed E-state index contributed by atoms with van der Waals surface area (Å²) >= 11 is 0. The maximum absolute atomic E-state index is 15.8. The Kier molecular flexibility index (Phi) is 19.4. The van der Waals surface area contributed by atoms with Crippen LogP contribution in [-0.2, 0) is 29.3 Å². The lowest BCUT2D eigenvalue weighted by Crippen LogP contribution is -2.54. The van der Waals surface area contributed by atoms with Crippen molar-refractivity contribution in [1.82, 2.24) is 0 Å². The van der Waals surface area contributed by atoms with E-state index in [0.717, 1.165) is 126 Å². The summed E-state index contributed by atoms with van der Waals surface area (Å²) in [5.41, 5.74) is -16.5. The zero-order valence-corrected chi connectivity index (χ0v) is 60.9. The maximum Gasteiger partial charge on any atom is 0.411 e. The van der Waals surface area contributed by atoms with Gasteiger partial charge in [-0.15, -0.1) is 0 Å². The van der Waals surface area contributed by atoms with Crippen LogP contribution in [0.15, 0.2) is 279 Å². The highest BCUT2D eigenvalue weighted by Gasteiger charge is 2.74. The molecule has 0 fully saturated rings. The van der Waals surface area contributed by atoms with Crippen molar-refractivity contribution < 1.29 is 113 Å². The van der Waals surface area contributed by atoms with E-state index in [1.807, 2.05) is 58.3 Å². The van der Waals surface area contributed by atoms with Crippen LogP contribution in [0.2, 0.25) is 0 Å². The Hall–Kier alpha value is -13.7. The van der Waals surface area contributed by atoms with Gasteiger partial charge < -0.3 is 38.2 Å². The second-order valence-electron chi connectivity index (χ2n) is 28.2. The number of carbonyl (C=O) groups is 4. The van der Waals surface area contributed by atoms with Crippen molar-refractivity contribution in [3.63, 3.8) is 0 Å². The number of alkyl halides is 15. The Morgan fingerprint density at radius 3 is 0.771 bits per heavy atom. The van der Waals surface area contributed by atoms with Gasteiger partial charge in [-0.1, -0.05) is 97.1 Å². The number of halogens is 15. The number of hydrogen-bond acceptors (Lipinski definition) is 12. The van der Waals surface area contributed by atoms with Gasteiger partial charge >= 0.3 is 30.9 Å². The van der Waals surface area contributed by atoms with Crippen LogP contribution in [0.4, 0.5) is 88.6 Å². The monoisotopic (exact) mass is 1630 g/mol. The van der Waals surface area contributed by atoms with Crippen LogP contribution < -0.4 is 48.0 Å². The lowest BCUT2D eigenvalue weighted by Gasteiger charge is -2.38. The Morgan fingerprint density at radius 2 is 0.508 bits per heavy atom. The molecular weight excluding hydrogens is 1570 g/mol. The molecule has 12 aromatic rings. The number of anilines is 4. The van der Waals surface area contributed by atoms with Crippen molar-refractivity contribution in [1.29, 1.82) is 0 Å². The van der Waals surface area contributed by atoms with Gasteiger partial charge in [0.2, 0.25) is 10.8 Å². The average Bonchev–Trinajstić information content (AvgIpc) is 0.830. The Bertz CT molecular complexity index is 5490. The molecule has 0 unspecified atom stereocenters. The van der Waals surface area contributed by atoms with Crippen LogP contribution in [0.1, 0.15) is 92.9 Å². The van der Waals surface area contributed by atoms with Gasteiger partial charge in [0.05, 0.1) is 33.6 Å². The first-order chi connectivity index (χ1) is 56.1. The third-order valence-electron chi connectivity index (χ3n) is 21.3. The molecule has 118 heavy (non-hydrogen) atoms. The molecule has 4 heterocycles. The number of ether oxygens (including phenoxy) is 6. The quantitative estimate of drug-likeness (QED) is 0.0597. The summed E-state index contributed by atoms with van der Waals surface area (Å²) in [5, 5.41) is 0. The number of hydrogen-bond donors (Lipinski definition) is 0. The lowest BCUT2D eigenvalue weighted by atomic mass is 9.73. The predicted octanol–water partition coefficient (Wildman–Crippen LogP) is 22.9. The molecule has 0 radical (unpaired) electrons. The molecule has 598 valence electrons. The zero-order valence-electron chi connectivity index (χ0n) is 60.9. The van der Waals surface area contributed by atoms with E-state index in [2.05, 4.69) is 0 Å².